The van der Waals surface area contributed by atoms with Crippen LogP contribution in [0.1, 0.15) is 16.8 Å². The van der Waals surface area contributed by atoms with Crippen molar-refractivity contribution < 1.29 is 22.6 Å². The van der Waals surface area contributed by atoms with E-state index in [1.54, 1.807) is 62.2 Å². The minimum Gasteiger partial charge on any atom is -0.497 e. The van der Waals surface area contributed by atoms with Crippen LogP contribution in [0.25, 0.3) is 16.9 Å². The van der Waals surface area contributed by atoms with Gasteiger partial charge in [-0.2, -0.15) is 23.4 Å². The number of aromatic nitrogens is 3. The van der Waals surface area contributed by atoms with E-state index in [9.17, 15) is 13.2 Å². The highest BCUT2D eigenvalue weighted by Crippen LogP contribution is 2.34. The third kappa shape index (κ3) is 6.08. The maximum atomic E-state index is 13.3. The largest absolute Gasteiger partial charge is 0.497 e. The first-order valence-electron chi connectivity index (χ1n) is 12.3. The third-order valence-corrected chi connectivity index (χ3v) is 7.62. The number of nitrogens with zero attached hydrogens (tertiary/aromatic N) is 5. The molecule has 0 bridgehead atoms. The molecule has 0 saturated carbocycles. The molecule has 7 nitrogen and oxygen atoms in total. The van der Waals surface area contributed by atoms with Gasteiger partial charge in [0.2, 0.25) is 4.80 Å². The van der Waals surface area contributed by atoms with Crippen molar-refractivity contribution in [2.75, 3.05) is 14.2 Å². The molecule has 0 atom stereocenters. The first kappa shape index (κ1) is 29.4. The first-order chi connectivity index (χ1) is 20.1. The molecule has 2 aromatic heterocycles. The van der Waals surface area contributed by atoms with Gasteiger partial charge in [0.1, 0.15) is 16.7 Å². The topological polar surface area (TPSA) is 65.9 Å². The zero-order valence-corrected chi connectivity index (χ0v) is 24.7. The molecule has 0 fully saturated rings. The molecule has 0 aliphatic heterocycles. The molecule has 216 valence electrons. The zero-order chi connectivity index (χ0) is 30.0. The second-order valence-electron chi connectivity index (χ2n) is 8.86. The van der Waals surface area contributed by atoms with E-state index in [2.05, 4.69) is 5.10 Å². The normalized spacial score (nSPS) is 12.3. The Morgan fingerprint density at radius 3 is 2.43 bits per heavy atom. The number of aryl methyl sites for hydroxylation is 1. The second kappa shape index (κ2) is 12.0. The second-order valence-corrected chi connectivity index (χ2v) is 10.5. The van der Waals surface area contributed by atoms with Crippen molar-refractivity contribution in [3.05, 3.63) is 104 Å². The molecule has 0 spiro atoms. The van der Waals surface area contributed by atoms with Gasteiger partial charge >= 0.3 is 6.18 Å². The van der Waals surface area contributed by atoms with Gasteiger partial charge in [-0.25, -0.2) is 14.4 Å². The highest BCUT2D eigenvalue weighted by Gasteiger charge is 2.31. The van der Waals surface area contributed by atoms with E-state index in [1.165, 1.54) is 34.4 Å². The molecular weight excluding hydrogens is 610 g/mol. The molecule has 5 aromatic rings. The van der Waals surface area contributed by atoms with Crippen molar-refractivity contribution >= 4 is 46.4 Å². The Morgan fingerprint density at radius 1 is 0.976 bits per heavy atom. The van der Waals surface area contributed by atoms with E-state index >= 15 is 0 Å². The van der Waals surface area contributed by atoms with Crippen LogP contribution in [0.3, 0.4) is 0 Å². The van der Waals surface area contributed by atoms with Crippen LogP contribution in [0.5, 0.6) is 11.5 Å². The number of alkyl halides is 3. The fourth-order valence-electron chi connectivity index (χ4n) is 4.07. The molecule has 0 saturated heterocycles. The van der Waals surface area contributed by atoms with Crippen LogP contribution in [0, 0.1) is 6.92 Å². The van der Waals surface area contributed by atoms with Crippen molar-refractivity contribution in [3.8, 4) is 28.4 Å². The number of benzene rings is 3. The van der Waals surface area contributed by atoms with Crippen molar-refractivity contribution in [1.29, 1.82) is 0 Å². The summed E-state index contributed by atoms with van der Waals surface area (Å²) in [6.45, 7) is 1.70. The standard InChI is InChI=1S/C29H22Cl2F3N5O2S/c1-17-24(27(31)38(37-17)21-6-4-5-18(13-21)29(32,33)34)15-35-39-25(23-12-11-22(40-2)14-26(23)41-3)16-42-28(39)36-20-9-7-19(30)8-10-20/h4-16H,1-3H3. The molecule has 0 amide bonds. The minimum atomic E-state index is -4.51. The van der Waals surface area contributed by atoms with E-state index in [0.29, 0.717) is 44.0 Å². The maximum Gasteiger partial charge on any atom is 0.416 e. The van der Waals surface area contributed by atoms with Crippen molar-refractivity contribution in [2.24, 2.45) is 10.1 Å². The summed E-state index contributed by atoms with van der Waals surface area (Å²) in [5.74, 6) is 1.18. The average molecular weight is 632 g/mol. The van der Waals surface area contributed by atoms with Crippen LogP contribution in [-0.4, -0.2) is 34.9 Å². The fraction of sp³-hybridized carbons (Fsp3) is 0.138. The van der Waals surface area contributed by atoms with Gasteiger partial charge in [0.25, 0.3) is 0 Å². The number of hydrogen-bond donors (Lipinski definition) is 0. The van der Waals surface area contributed by atoms with Crippen LogP contribution in [0.15, 0.2) is 82.2 Å². The Hall–Kier alpha value is -4.06. The van der Waals surface area contributed by atoms with Gasteiger partial charge in [-0.15, -0.1) is 11.3 Å². The molecular formula is C29H22Cl2F3N5O2S. The zero-order valence-electron chi connectivity index (χ0n) is 22.4. The highest BCUT2D eigenvalue weighted by atomic mass is 35.5. The highest BCUT2D eigenvalue weighted by molar-refractivity contribution is 7.07. The summed E-state index contributed by atoms with van der Waals surface area (Å²) in [5, 5.41) is 11.7. The number of ether oxygens (including phenoxy) is 2. The van der Waals surface area contributed by atoms with Crippen LogP contribution in [0.2, 0.25) is 10.2 Å². The maximum absolute atomic E-state index is 13.3. The molecule has 0 unspecified atom stereocenters. The Labute approximate surface area is 252 Å². The van der Waals surface area contributed by atoms with E-state index in [0.717, 1.165) is 17.7 Å². The van der Waals surface area contributed by atoms with Gasteiger partial charge in [0, 0.05) is 22.0 Å². The van der Waals surface area contributed by atoms with Gasteiger partial charge in [-0.05, 0) is 61.5 Å². The average Bonchev–Trinajstić information content (AvgIpc) is 3.50. The number of halogens is 5. The third-order valence-electron chi connectivity index (χ3n) is 6.19. The molecule has 42 heavy (non-hydrogen) atoms. The first-order valence-corrected chi connectivity index (χ1v) is 13.9. The Balaban J connectivity index is 1.63. The van der Waals surface area contributed by atoms with E-state index in [4.69, 9.17) is 42.8 Å². The van der Waals surface area contributed by atoms with Gasteiger partial charge in [0.15, 0.2) is 0 Å². The summed E-state index contributed by atoms with van der Waals surface area (Å²) in [6, 6.07) is 17.2. The van der Waals surface area contributed by atoms with Crippen molar-refractivity contribution in [2.45, 2.75) is 13.1 Å². The lowest BCUT2D eigenvalue weighted by molar-refractivity contribution is -0.137. The number of methoxy groups -OCH3 is 2. The summed E-state index contributed by atoms with van der Waals surface area (Å²) in [6.07, 6.45) is -3.00. The molecule has 13 heteroatoms. The lowest BCUT2D eigenvalue weighted by atomic mass is 10.1. The predicted octanol–water partition coefficient (Wildman–Crippen LogP) is 8.17. The Morgan fingerprint density at radius 2 is 1.74 bits per heavy atom. The summed E-state index contributed by atoms with van der Waals surface area (Å²) in [4.78, 5) is 5.27. The molecule has 0 N–H and O–H groups in total. The molecule has 0 radical (unpaired) electrons. The van der Waals surface area contributed by atoms with Crippen LogP contribution in [0.4, 0.5) is 18.9 Å². The number of thiazole rings is 1. The smallest absolute Gasteiger partial charge is 0.416 e. The van der Waals surface area contributed by atoms with Crippen LogP contribution in [-0.2, 0) is 6.18 Å². The van der Waals surface area contributed by atoms with E-state index in [-0.39, 0.29) is 10.8 Å². The predicted molar refractivity (Wildman–Crippen MR) is 159 cm³/mol. The fourth-order valence-corrected chi connectivity index (χ4v) is 5.36. The Kier molecular flexibility index (Phi) is 8.44. The molecule has 2 heterocycles. The molecule has 0 aliphatic carbocycles. The van der Waals surface area contributed by atoms with Gasteiger partial charge < -0.3 is 9.47 Å². The summed E-state index contributed by atoms with van der Waals surface area (Å²) >= 11 is 14.0. The molecule has 0 aliphatic rings. The van der Waals surface area contributed by atoms with Crippen molar-refractivity contribution in [1.82, 2.24) is 14.5 Å². The molecule has 3 aromatic carbocycles. The van der Waals surface area contributed by atoms with Gasteiger partial charge in [-0.3, -0.25) is 0 Å². The summed E-state index contributed by atoms with van der Waals surface area (Å²) in [7, 11) is 3.13. The lowest BCUT2D eigenvalue weighted by Crippen LogP contribution is -2.12. The number of hydrogen-bond acceptors (Lipinski definition) is 6. The van der Waals surface area contributed by atoms with E-state index in [1.807, 2.05) is 11.4 Å². The summed E-state index contributed by atoms with van der Waals surface area (Å²) < 4.78 is 53.8. The van der Waals surface area contributed by atoms with E-state index < -0.39 is 11.7 Å². The quantitative estimate of drug-likeness (QED) is 0.170. The summed E-state index contributed by atoms with van der Waals surface area (Å²) in [5.41, 5.74) is 2.32. The monoisotopic (exact) mass is 631 g/mol. The van der Waals surface area contributed by atoms with Crippen LogP contribution < -0.4 is 14.3 Å². The van der Waals surface area contributed by atoms with Gasteiger partial charge in [-0.1, -0.05) is 29.3 Å². The number of rotatable bonds is 7. The van der Waals surface area contributed by atoms with Gasteiger partial charge in [0.05, 0.1) is 54.3 Å². The SMILES string of the molecule is COc1ccc(-c2csc(=Nc3ccc(Cl)cc3)n2N=Cc2c(C)nn(-c3cccc(C(F)(F)F)c3)c2Cl)c(OC)c1. The lowest BCUT2D eigenvalue weighted by Gasteiger charge is -2.11. The minimum absolute atomic E-state index is 0.103. The van der Waals surface area contributed by atoms with Crippen LogP contribution >= 0.6 is 34.5 Å². The van der Waals surface area contributed by atoms with Crippen molar-refractivity contribution in [3.63, 3.8) is 0 Å². The molecule has 5 rings (SSSR count). The Bertz CT molecular complexity index is 1840.